The van der Waals surface area contributed by atoms with Crippen molar-refractivity contribution in [3.63, 3.8) is 0 Å². The average Bonchev–Trinajstić information content (AvgIpc) is 3.25. The monoisotopic (exact) mass is 322 g/mol. The molecule has 1 unspecified atom stereocenters. The summed E-state index contributed by atoms with van der Waals surface area (Å²) in [6.07, 6.45) is 6.28. The van der Waals surface area contributed by atoms with Gasteiger partial charge in [-0.05, 0) is 25.7 Å². The lowest BCUT2D eigenvalue weighted by Gasteiger charge is -2.19. The number of aliphatic hydroxyl groups excluding tert-OH is 2. The van der Waals surface area contributed by atoms with Gasteiger partial charge in [-0.1, -0.05) is 12.8 Å². The van der Waals surface area contributed by atoms with Crippen molar-refractivity contribution in [3.05, 3.63) is 0 Å². The standard InChI is InChI=1S/C15H26N6O2/c22-10-12(23)9-16-13-18-14(17-11-5-1-2-6-11)20-15(19-13)21-7-3-4-8-21/h11-12,22-23H,1-10H2,(H2,16,17,18,19,20). The van der Waals surface area contributed by atoms with E-state index in [4.69, 9.17) is 5.11 Å². The summed E-state index contributed by atoms with van der Waals surface area (Å²) in [6.45, 7) is 1.85. The van der Waals surface area contributed by atoms with E-state index in [1.807, 2.05) is 0 Å². The van der Waals surface area contributed by atoms with Gasteiger partial charge in [0.1, 0.15) is 0 Å². The van der Waals surface area contributed by atoms with E-state index in [-0.39, 0.29) is 13.2 Å². The van der Waals surface area contributed by atoms with Crippen LogP contribution in [0.4, 0.5) is 17.8 Å². The zero-order chi connectivity index (χ0) is 16.1. The van der Waals surface area contributed by atoms with Crippen LogP contribution in [0, 0.1) is 0 Å². The summed E-state index contributed by atoms with van der Waals surface area (Å²) in [5.41, 5.74) is 0. The Balaban J connectivity index is 1.74. The molecule has 2 heterocycles. The van der Waals surface area contributed by atoms with E-state index < -0.39 is 6.10 Å². The summed E-state index contributed by atoms with van der Waals surface area (Å²) in [5, 5.41) is 24.8. The largest absolute Gasteiger partial charge is 0.394 e. The molecule has 0 aromatic carbocycles. The van der Waals surface area contributed by atoms with Gasteiger partial charge >= 0.3 is 0 Å². The van der Waals surface area contributed by atoms with Gasteiger partial charge in [0.2, 0.25) is 17.8 Å². The Labute approximate surface area is 136 Å². The Morgan fingerprint density at radius 2 is 1.74 bits per heavy atom. The SMILES string of the molecule is OCC(O)CNc1nc(NC2CCCC2)nc(N2CCCC2)n1. The minimum Gasteiger partial charge on any atom is -0.394 e. The second kappa shape index (κ2) is 7.74. The van der Waals surface area contributed by atoms with E-state index in [0.29, 0.717) is 23.9 Å². The van der Waals surface area contributed by atoms with Gasteiger partial charge in [-0.15, -0.1) is 0 Å². The molecule has 4 N–H and O–H groups in total. The molecule has 23 heavy (non-hydrogen) atoms. The highest BCUT2D eigenvalue weighted by atomic mass is 16.3. The molecule has 8 nitrogen and oxygen atoms in total. The first-order valence-corrected chi connectivity index (χ1v) is 8.55. The van der Waals surface area contributed by atoms with Crippen molar-refractivity contribution in [2.75, 3.05) is 41.8 Å². The second-order valence-corrected chi connectivity index (χ2v) is 6.32. The van der Waals surface area contributed by atoms with E-state index in [1.165, 1.54) is 12.8 Å². The third-order valence-electron chi connectivity index (χ3n) is 4.41. The molecular formula is C15H26N6O2. The third kappa shape index (κ3) is 4.42. The molecule has 1 aliphatic carbocycles. The average molecular weight is 322 g/mol. The van der Waals surface area contributed by atoms with E-state index in [9.17, 15) is 5.11 Å². The van der Waals surface area contributed by atoms with Gasteiger partial charge in [0.15, 0.2) is 0 Å². The zero-order valence-electron chi connectivity index (χ0n) is 13.4. The fourth-order valence-electron chi connectivity index (χ4n) is 3.09. The Morgan fingerprint density at radius 1 is 1.04 bits per heavy atom. The third-order valence-corrected chi connectivity index (χ3v) is 4.41. The van der Waals surface area contributed by atoms with Crippen LogP contribution in [0.25, 0.3) is 0 Å². The molecule has 0 bridgehead atoms. The van der Waals surface area contributed by atoms with E-state index >= 15 is 0 Å². The number of aromatic nitrogens is 3. The maximum absolute atomic E-state index is 9.49. The molecule has 128 valence electrons. The number of anilines is 3. The molecule has 2 aliphatic rings. The molecular weight excluding hydrogens is 296 g/mol. The molecule has 1 saturated heterocycles. The van der Waals surface area contributed by atoms with Crippen LogP contribution in [0.3, 0.4) is 0 Å². The number of aliphatic hydroxyl groups is 2. The number of rotatable bonds is 7. The molecule has 8 heteroatoms. The normalized spacial score (nSPS) is 20.0. The predicted octanol–water partition coefficient (Wildman–Crippen LogP) is 0.591. The lowest BCUT2D eigenvalue weighted by atomic mass is 10.3. The quantitative estimate of drug-likeness (QED) is 0.578. The Hall–Kier alpha value is -1.67. The first kappa shape index (κ1) is 16.2. The molecule has 1 aromatic heterocycles. The Bertz CT molecular complexity index is 503. The molecule has 2 fully saturated rings. The summed E-state index contributed by atoms with van der Waals surface area (Å²) in [4.78, 5) is 15.6. The Morgan fingerprint density at radius 3 is 2.43 bits per heavy atom. The fourth-order valence-corrected chi connectivity index (χ4v) is 3.09. The van der Waals surface area contributed by atoms with Gasteiger partial charge in [0.25, 0.3) is 0 Å². The summed E-state index contributed by atoms with van der Waals surface area (Å²) >= 11 is 0. The van der Waals surface area contributed by atoms with Gasteiger partial charge in [-0.25, -0.2) is 0 Å². The zero-order valence-corrected chi connectivity index (χ0v) is 13.4. The maximum Gasteiger partial charge on any atom is 0.231 e. The highest BCUT2D eigenvalue weighted by Gasteiger charge is 2.20. The smallest absolute Gasteiger partial charge is 0.231 e. The number of hydrogen-bond donors (Lipinski definition) is 4. The molecule has 0 radical (unpaired) electrons. The first-order valence-electron chi connectivity index (χ1n) is 8.55. The van der Waals surface area contributed by atoms with Crippen molar-refractivity contribution >= 4 is 17.8 Å². The predicted molar refractivity (Wildman–Crippen MR) is 88.7 cm³/mol. The minimum absolute atomic E-state index is 0.211. The van der Waals surface area contributed by atoms with Gasteiger partial charge in [0.05, 0.1) is 12.7 Å². The lowest BCUT2D eigenvalue weighted by Crippen LogP contribution is -2.26. The molecule has 3 rings (SSSR count). The topological polar surface area (TPSA) is 106 Å². The molecule has 1 atom stereocenters. The van der Waals surface area contributed by atoms with Crippen LogP contribution in [0.15, 0.2) is 0 Å². The van der Waals surface area contributed by atoms with Crippen LogP contribution in [-0.4, -0.2) is 63.6 Å². The van der Waals surface area contributed by atoms with Crippen LogP contribution >= 0.6 is 0 Å². The fraction of sp³-hybridized carbons (Fsp3) is 0.800. The maximum atomic E-state index is 9.49. The molecule has 1 aromatic rings. The summed E-state index contributed by atoms with van der Waals surface area (Å²) < 4.78 is 0. The van der Waals surface area contributed by atoms with Crippen molar-refractivity contribution in [3.8, 4) is 0 Å². The van der Waals surface area contributed by atoms with E-state index in [1.54, 1.807) is 0 Å². The van der Waals surface area contributed by atoms with Crippen molar-refractivity contribution in [1.29, 1.82) is 0 Å². The molecule has 1 saturated carbocycles. The highest BCUT2D eigenvalue weighted by Crippen LogP contribution is 2.23. The van der Waals surface area contributed by atoms with E-state index in [0.717, 1.165) is 38.8 Å². The van der Waals surface area contributed by atoms with Gasteiger partial charge in [-0.3, -0.25) is 0 Å². The van der Waals surface area contributed by atoms with Crippen LogP contribution in [-0.2, 0) is 0 Å². The highest BCUT2D eigenvalue weighted by molar-refractivity contribution is 5.44. The van der Waals surface area contributed by atoms with Gasteiger partial charge in [0, 0.05) is 25.7 Å². The van der Waals surface area contributed by atoms with Crippen molar-refractivity contribution in [2.45, 2.75) is 50.7 Å². The number of hydrogen-bond acceptors (Lipinski definition) is 8. The summed E-state index contributed by atoms with van der Waals surface area (Å²) in [5.74, 6) is 1.71. The van der Waals surface area contributed by atoms with Crippen molar-refractivity contribution in [1.82, 2.24) is 15.0 Å². The Kier molecular flexibility index (Phi) is 5.45. The van der Waals surface area contributed by atoms with Gasteiger partial charge < -0.3 is 25.7 Å². The number of nitrogens with zero attached hydrogens (tertiary/aromatic N) is 4. The molecule has 0 spiro atoms. The lowest BCUT2D eigenvalue weighted by molar-refractivity contribution is 0.105. The minimum atomic E-state index is -0.826. The second-order valence-electron chi connectivity index (χ2n) is 6.32. The first-order chi connectivity index (χ1) is 11.2. The van der Waals surface area contributed by atoms with Crippen LogP contribution < -0.4 is 15.5 Å². The van der Waals surface area contributed by atoms with Crippen molar-refractivity contribution < 1.29 is 10.2 Å². The summed E-state index contributed by atoms with van der Waals surface area (Å²) in [6, 6.07) is 0.430. The summed E-state index contributed by atoms with van der Waals surface area (Å²) in [7, 11) is 0. The van der Waals surface area contributed by atoms with Crippen LogP contribution in [0.1, 0.15) is 38.5 Å². The van der Waals surface area contributed by atoms with Gasteiger partial charge in [-0.2, -0.15) is 15.0 Å². The van der Waals surface area contributed by atoms with Crippen LogP contribution in [0.5, 0.6) is 0 Å². The molecule has 0 amide bonds. The number of nitrogens with one attached hydrogen (secondary N) is 2. The van der Waals surface area contributed by atoms with Crippen molar-refractivity contribution in [2.24, 2.45) is 0 Å². The molecule has 1 aliphatic heterocycles. The van der Waals surface area contributed by atoms with Crippen LogP contribution in [0.2, 0.25) is 0 Å². The van der Waals surface area contributed by atoms with E-state index in [2.05, 4.69) is 30.5 Å².